The summed E-state index contributed by atoms with van der Waals surface area (Å²) in [5, 5.41) is 7.23. The molecule has 2 rings (SSSR count). The first kappa shape index (κ1) is 14.1. The summed E-state index contributed by atoms with van der Waals surface area (Å²) in [5.74, 6) is -0.0527. The molecule has 5 heteroatoms. The summed E-state index contributed by atoms with van der Waals surface area (Å²) < 4.78 is 5.23. The summed E-state index contributed by atoms with van der Waals surface area (Å²) in [6.45, 7) is 5.96. The van der Waals surface area contributed by atoms with Crippen LogP contribution in [0.15, 0.2) is 0 Å². The first-order valence-electron chi connectivity index (χ1n) is 6.94. The number of hydrogen-bond acceptors (Lipinski definition) is 4. The maximum absolute atomic E-state index is 11.0. The lowest BCUT2D eigenvalue weighted by atomic mass is 10.1. The zero-order valence-corrected chi connectivity index (χ0v) is 12.0. The summed E-state index contributed by atoms with van der Waals surface area (Å²) in [4.78, 5) is 13.3. The van der Waals surface area contributed by atoms with Gasteiger partial charge >= 0.3 is 5.97 Å². The number of H-pyrrole nitrogens is 1. The second-order valence-electron chi connectivity index (χ2n) is 5.43. The van der Waals surface area contributed by atoms with Gasteiger partial charge in [0.1, 0.15) is 6.10 Å². The lowest BCUT2D eigenvalue weighted by Gasteiger charge is -2.19. The number of nitrogens with zero attached hydrogens (tertiary/aromatic N) is 2. The van der Waals surface area contributed by atoms with Gasteiger partial charge in [0.15, 0.2) is 0 Å². The van der Waals surface area contributed by atoms with E-state index in [1.165, 1.54) is 11.3 Å². The van der Waals surface area contributed by atoms with E-state index in [4.69, 9.17) is 4.74 Å². The average molecular weight is 265 g/mol. The number of aryl methyl sites for hydroxylation is 2. The maximum Gasteiger partial charge on any atom is 0.306 e. The van der Waals surface area contributed by atoms with Crippen molar-refractivity contribution < 1.29 is 9.53 Å². The molecule has 0 radical (unpaired) electrons. The van der Waals surface area contributed by atoms with Crippen LogP contribution in [0.3, 0.4) is 0 Å². The highest BCUT2D eigenvalue weighted by Crippen LogP contribution is 2.15. The molecule has 1 fully saturated rings. The molecule has 106 valence electrons. The van der Waals surface area contributed by atoms with Crippen LogP contribution in [-0.2, 0) is 16.0 Å². The zero-order chi connectivity index (χ0) is 13.8. The van der Waals surface area contributed by atoms with Gasteiger partial charge in [-0.05, 0) is 52.3 Å². The van der Waals surface area contributed by atoms with Crippen molar-refractivity contribution in [1.82, 2.24) is 15.1 Å². The number of carbonyl (C=O) groups is 1. The van der Waals surface area contributed by atoms with E-state index < -0.39 is 0 Å². The molecule has 5 nitrogen and oxygen atoms in total. The lowest BCUT2D eigenvalue weighted by Crippen LogP contribution is -2.30. The molecule has 2 heterocycles. The zero-order valence-electron chi connectivity index (χ0n) is 12.0. The quantitative estimate of drug-likeness (QED) is 0.794. The van der Waals surface area contributed by atoms with Crippen LogP contribution in [-0.4, -0.2) is 47.3 Å². The third-order valence-electron chi connectivity index (χ3n) is 3.73. The number of nitrogens with one attached hydrogen (secondary N) is 1. The summed E-state index contributed by atoms with van der Waals surface area (Å²) in [7, 11) is 2.08. The number of ether oxygens (including phenoxy) is 1. The van der Waals surface area contributed by atoms with Crippen molar-refractivity contribution in [2.75, 3.05) is 20.1 Å². The highest BCUT2D eigenvalue weighted by Gasteiger charge is 2.24. The van der Waals surface area contributed by atoms with E-state index in [1.807, 2.05) is 6.92 Å². The predicted molar refractivity (Wildman–Crippen MR) is 73.0 cm³/mol. The van der Waals surface area contributed by atoms with E-state index in [0.717, 1.165) is 38.0 Å². The Morgan fingerprint density at radius 2 is 2.26 bits per heavy atom. The molecule has 0 amide bonds. The lowest BCUT2D eigenvalue weighted by molar-refractivity contribution is -0.141. The fourth-order valence-corrected chi connectivity index (χ4v) is 2.62. The molecule has 1 saturated heterocycles. The molecule has 1 atom stereocenters. The first-order chi connectivity index (χ1) is 9.06. The van der Waals surface area contributed by atoms with Crippen molar-refractivity contribution in [3.8, 4) is 0 Å². The molecule has 1 aliphatic heterocycles. The smallest absolute Gasteiger partial charge is 0.306 e. The molecule has 1 N–H and O–H groups in total. The van der Waals surface area contributed by atoms with Crippen LogP contribution in [0.5, 0.6) is 0 Å². The third kappa shape index (κ3) is 3.80. The molecule has 19 heavy (non-hydrogen) atoms. The first-order valence-corrected chi connectivity index (χ1v) is 6.94. The molecular weight excluding hydrogens is 242 g/mol. The predicted octanol–water partition coefficient (Wildman–Crippen LogP) is 1.60. The summed E-state index contributed by atoms with van der Waals surface area (Å²) in [6, 6.07) is 0. The Bertz CT molecular complexity index is 422. The number of esters is 1. The Morgan fingerprint density at radius 1 is 1.47 bits per heavy atom. The van der Waals surface area contributed by atoms with Gasteiger partial charge in [0.05, 0.1) is 5.69 Å². The number of carbonyl (C=O) groups excluding carboxylic acids is 1. The van der Waals surface area contributed by atoms with Gasteiger partial charge in [0, 0.05) is 18.7 Å². The van der Waals surface area contributed by atoms with Crippen molar-refractivity contribution in [1.29, 1.82) is 0 Å². The fourth-order valence-electron chi connectivity index (χ4n) is 2.62. The summed E-state index contributed by atoms with van der Waals surface area (Å²) in [5.41, 5.74) is 3.61. The minimum Gasteiger partial charge on any atom is -0.461 e. The second-order valence-corrected chi connectivity index (χ2v) is 5.43. The van der Waals surface area contributed by atoms with Gasteiger partial charge in [0.25, 0.3) is 0 Å². The minimum atomic E-state index is -0.0527. The fraction of sp³-hybridized carbons (Fsp3) is 0.714. The number of aromatic nitrogens is 2. The molecule has 0 aliphatic carbocycles. The van der Waals surface area contributed by atoms with Crippen LogP contribution in [0.1, 0.15) is 36.2 Å². The van der Waals surface area contributed by atoms with Gasteiger partial charge in [-0.1, -0.05) is 0 Å². The molecular formula is C14H23N3O2. The number of hydrogen-bond donors (Lipinski definition) is 1. The van der Waals surface area contributed by atoms with E-state index in [9.17, 15) is 4.79 Å². The summed E-state index contributed by atoms with van der Waals surface area (Å²) >= 11 is 0. The average Bonchev–Trinajstić information content (AvgIpc) is 2.89. The molecule has 1 unspecified atom stereocenters. The molecule has 0 aromatic carbocycles. The van der Waals surface area contributed by atoms with Gasteiger partial charge in [-0.15, -0.1) is 0 Å². The Hall–Kier alpha value is -1.36. The van der Waals surface area contributed by atoms with Crippen LogP contribution in [0, 0.1) is 13.8 Å². The maximum atomic E-state index is 11.0. The normalized spacial score (nSPS) is 19.2. The summed E-state index contributed by atoms with van der Waals surface area (Å²) in [6.07, 6.45) is 3.67. The van der Waals surface area contributed by atoms with E-state index in [1.54, 1.807) is 0 Å². The highest BCUT2D eigenvalue weighted by atomic mass is 16.5. The van der Waals surface area contributed by atoms with Gasteiger partial charge in [-0.2, -0.15) is 5.10 Å². The van der Waals surface area contributed by atoms with Gasteiger partial charge < -0.3 is 9.64 Å². The van der Waals surface area contributed by atoms with Gasteiger partial charge in [0.2, 0.25) is 0 Å². The van der Waals surface area contributed by atoms with Crippen molar-refractivity contribution in [2.24, 2.45) is 0 Å². The van der Waals surface area contributed by atoms with Gasteiger partial charge in [-0.3, -0.25) is 9.89 Å². The standard InChI is InChI=1S/C14H23N3O2/c1-10-13(11(2)16-15-10)5-4-8-17(3)9-12-6-7-14(18)19-12/h12H,4-9H2,1-3H3,(H,15,16). The largest absolute Gasteiger partial charge is 0.461 e. The van der Waals surface area contributed by atoms with Crippen LogP contribution < -0.4 is 0 Å². The third-order valence-corrected chi connectivity index (χ3v) is 3.73. The van der Waals surface area contributed by atoms with Gasteiger partial charge in [-0.25, -0.2) is 0 Å². The van der Waals surface area contributed by atoms with Crippen LogP contribution in [0.25, 0.3) is 0 Å². The van der Waals surface area contributed by atoms with E-state index in [-0.39, 0.29) is 12.1 Å². The molecule has 0 saturated carbocycles. The molecule has 1 aromatic heterocycles. The topological polar surface area (TPSA) is 58.2 Å². The number of cyclic esters (lactones) is 1. The highest BCUT2D eigenvalue weighted by molar-refractivity contribution is 5.71. The van der Waals surface area contributed by atoms with E-state index >= 15 is 0 Å². The van der Waals surface area contributed by atoms with Crippen LogP contribution >= 0.6 is 0 Å². The van der Waals surface area contributed by atoms with Crippen molar-refractivity contribution in [3.05, 3.63) is 17.0 Å². The van der Waals surface area contributed by atoms with E-state index in [0.29, 0.717) is 6.42 Å². The Balaban J connectivity index is 1.69. The minimum absolute atomic E-state index is 0.0527. The number of rotatable bonds is 6. The van der Waals surface area contributed by atoms with Crippen LogP contribution in [0.2, 0.25) is 0 Å². The van der Waals surface area contributed by atoms with E-state index in [2.05, 4.69) is 29.1 Å². The monoisotopic (exact) mass is 265 g/mol. The second kappa shape index (κ2) is 6.19. The molecule has 1 aromatic rings. The van der Waals surface area contributed by atoms with Crippen molar-refractivity contribution in [3.63, 3.8) is 0 Å². The number of aromatic amines is 1. The SMILES string of the molecule is Cc1n[nH]c(C)c1CCCN(C)CC1CCC(=O)O1. The Kier molecular flexibility index (Phi) is 4.58. The number of likely N-dealkylation sites (N-methyl/N-ethyl adjacent to an activating group) is 1. The van der Waals surface area contributed by atoms with Crippen LogP contribution in [0.4, 0.5) is 0 Å². The van der Waals surface area contributed by atoms with Crippen molar-refractivity contribution >= 4 is 5.97 Å². The molecule has 1 aliphatic rings. The Morgan fingerprint density at radius 3 is 2.84 bits per heavy atom. The van der Waals surface area contributed by atoms with Crippen molar-refractivity contribution in [2.45, 2.75) is 45.6 Å². The molecule has 0 spiro atoms. The molecule has 0 bridgehead atoms. The Labute approximate surface area is 114 Å².